The van der Waals surface area contributed by atoms with Gasteiger partial charge in [0.2, 0.25) is 0 Å². The molecule has 0 saturated heterocycles. The van der Waals surface area contributed by atoms with E-state index in [9.17, 15) is 4.79 Å². The van der Waals surface area contributed by atoms with Gasteiger partial charge in [0, 0.05) is 32.0 Å². The van der Waals surface area contributed by atoms with Gasteiger partial charge >= 0.3 is 0 Å². The smallest absolute Gasteiger partial charge is 0.272 e. The number of hydrogen-bond acceptors (Lipinski definition) is 4. The van der Waals surface area contributed by atoms with Gasteiger partial charge in [0.1, 0.15) is 5.69 Å². The number of rotatable bonds is 7. The highest BCUT2D eigenvalue weighted by molar-refractivity contribution is 5.92. The highest BCUT2D eigenvalue weighted by atomic mass is 16.5. The lowest BCUT2D eigenvalue weighted by Gasteiger charge is -2.18. The number of anilines is 1. The van der Waals surface area contributed by atoms with E-state index in [1.165, 1.54) is 0 Å². The van der Waals surface area contributed by atoms with Crippen LogP contribution < -0.4 is 5.32 Å². The summed E-state index contributed by atoms with van der Waals surface area (Å²) < 4.78 is 5.43. The lowest BCUT2D eigenvalue weighted by molar-refractivity contribution is 0.0529. The molecule has 0 aliphatic carbocycles. The standard InChI is InChI=1S/C14H23N3O2/c1-5-15-12-6-7-16-13(10-12)14(18)17(4)8-9-19-11(2)3/h6-7,10-11H,5,8-9H2,1-4H3,(H,15,16). The Labute approximate surface area is 115 Å². The molecule has 1 aromatic rings. The number of nitrogens with zero attached hydrogens (tertiary/aromatic N) is 2. The first kappa shape index (κ1) is 15.4. The lowest BCUT2D eigenvalue weighted by Crippen LogP contribution is -2.31. The minimum atomic E-state index is -0.0906. The van der Waals surface area contributed by atoms with Crippen molar-refractivity contribution in [1.82, 2.24) is 9.88 Å². The summed E-state index contributed by atoms with van der Waals surface area (Å²) in [6, 6.07) is 3.62. The summed E-state index contributed by atoms with van der Waals surface area (Å²) in [4.78, 5) is 17.9. The van der Waals surface area contributed by atoms with Crippen LogP contribution in [0.15, 0.2) is 18.3 Å². The molecule has 0 atom stereocenters. The summed E-state index contributed by atoms with van der Waals surface area (Å²) in [6.07, 6.45) is 1.82. The van der Waals surface area contributed by atoms with Crippen LogP contribution in [0.3, 0.4) is 0 Å². The fourth-order valence-electron chi connectivity index (χ4n) is 1.58. The molecular formula is C14H23N3O2. The van der Waals surface area contributed by atoms with Crippen LogP contribution in [0.1, 0.15) is 31.3 Å². The Bertz CT molecular complexity index is 407. The van der Waals surface area contributed by atoms with E-state index >= 15 is 0 Å². The molecule has 1 aromatic heterocycles. The summed E-state index contributed by atoms with van der Waals surface area (Å²) in [5.41, 5.74) is 1.36. The first-order valence-electron chi connectivity index (χ1n) is 6.61. The van der Waals surface area contributed by atoms with Gasteiger partial charge in [0.05, 0.1) is 12.7 Å². The van der Waals surface area contributed by atoms with E-state index in [1.54, 1.807) is 24.2 Å². The molecule has 0 saturated carbocycles. The van der Waals surface area contributed by atoms with Crippen molar-refractivity contribution in [3.05, 3.63) is 24.0 Å². The zero-order valence-corrected chi connectivity index (χ0v) is 12.1. The second-order valence-electron chi connectivity index (χ2n) is 4.61. The van der Waals surface area contributed by atoms with Crippen LogP contribution in [-0.2, 0) is 4.74 Å². The second-order valence-corrected chi connectivity index (χ2v) is 4.61. The Morgan fingerprint density at radius 2 is 2.26 bits per heavy atom. The molecule has 1 amide bonds. The first-order chi connectivity index (χ1) is 9.04. The molecule has 1 heterocycles. The average molecular weight is 265 g/mol. The molecular weight excluding hydrogens is 242 g/mol. The number of nitrogens with one attached hydrogen (secondary N) is 1. The molecule has 0 fully saturated rings. The van der Waals surface area contributed by atoms with E-state index in [4.69, 9.17) is 4.74 Å². The van der Waals surface area contributed by atoms with E-state index in [0.717, 1.165) is 12.2 Å². The van der Waals surface area contributed by atoms with Gasteiger partial charge in [-0.05, 0) is 32.9 Å². The minimum absolute atomic E-state index is 0.0906. The van der Waals surface area contributed by atoms with E-state index in [1.807, 2.05) is 26.8 Å². The van der Waals surface area contributed by atoms with Crippen molar-refractivity contribution in [2.24, 2.45) is 0 Å². The van der Waals surface area contributed by atoms with E-state index in [-0.39, 0.29) is 12.0 Å². The molecule has 0 unspecified atom stereocenters. The molecule has 106 valence electrons. The van der Waals surface area contributed by atoms with Crippen LogP contribution in [0, 0.1) is 0 Å². The Morgan fingerprint density at radius 1 is 1.53 bits per heavy atom. The van der Waals surface area contributed by atoms with Crippen molar-refractivity contribution in [2.75, 3.05) is 32.1 Å². The number of carbonyl (C=O) groups is 1. The normalized spacial score (nSPS) is 10.6. The zero-order valence-electron chi connectivity index (χ0n) is 12.1. The van der Waals surface area contributed by atoms with Crippen molar-refractivity contribution in [3.63, 3.8) is 0 Å². The van der Waals surface area contributed by atoms with Crippen molar-refractivity contribution < 1.29 is 9.53 Å². The molecule has 5 heteroatoms. The van der Waals surface area contributed by atoms with Crippen LogP contribution in [-0.4, -0.2) is 48.6 Å². The summed E-state index contributed by atoms with van der Waals surface area (Å²) in [5.74, 6) is -0.0906. The fourth-order valence-corrected chi connectivity index (χ4v) is 1.58. The third kappa shape index (κ3) is 5.26. The number of carbonyl (C=O) groups excluding carboxylic acids is 1. The number of ether oxygens (including phenoxy) is 1. The maximum atomic E-state index is 12.2. The van der Waals surface area contributed by atoms with Crippen LogP contribution in [0.5, 0.6) is 0 Å². The maximum absolute atomic E-state index is 12.2. The van der Waals surface area contributed by atoms with Crippen molar-refractivity contribution in [2.45, 2.75) is 26.9 Å². The quantitative estimate of drug-likeness (QED) is 0.819. The molecule has 0 radical (unpaired) electrons. The molecule has 0 spiro atoms. The zero-order chi connectivity index (χ0) is 14.3. The largest absolute Gasteiger partial charge is 0.385 e. The van der Waals surface area contributed by atoms with Crippen LogP contribution in [0.4, 0.5) is 5.69 Å². The van der Waals surface area contributed by atoms with Gasteiger partial charge in [-0.3, -0.25) is 9.78 Å². The maximum Gasteiger partial charge on any atom is 0.272 e. The topological polar surface area (TPSA) is 54.5 Å². The van der Waals surface area contributed by atoms with E-state index in [0.29, 0.717) is 18.8 Å². The molecule has 0 bridgehead atoms. The molecule has 1 N–H and O–H groups in total. The van der Waals surface area contributed by atoms with Gasteiger partial charge < -0.3 is 15.0 Å². The molecule has 0 aliphatic heterocycles. The van der Waals surface area contributed by atoms with Gasteiger partial charge in [-0.25, -0.2) is 0 Å². The number of aromatic nitrogens is 1. The Kier molecular flexibility index (Phi) is 6.29. The van der Waals surface area contributed by atoms with Gasteiger partial charge in [0.15, 0.2) is 0 Å². The average Bonchev–Trinajstić information content (AvgIpc) is 2.38. The molecule has 0 aliphatic rings. The lowest BCUT2D eigenvalue weighted by atomic mass is 10.3. The molecule has 1 rings (SSSR count). The summed E-state index contributed by atoms with van der Waals surface area (Å²) in [7, 11) is 1.76. The predicted molar refractivity (Wildman–Crippen MR) is 76.4 cm³/mol. The highest BCUT2D eigenvalue weighted by Gasteiger charge is 2.13. The summed E-state index contributed by atoms with van der Waals surface area (Å²) in [6.45, 7) is 7.87. The minimum Gasteiger partial charge on any atom is -0.385 e. The predicted octanol–water partition coefficient (Wildman–Crippen LogP) is 2.01. The molecule has 5 nitrogen and oxygen atoms in total. The highest BCUT2D eigenvalue weighted by Crippen LogP contribution is 2.09. The third-order valence-corrected chi connectivity index (χ3v) is 2.58. The summed E-state index contributed by atoms with van der Waals surface area (Å²) in [5, 5.41) is 3.16. The van der Waals surface area contributed by atoms with Gasteiger partial charge in [-0.1, -0.05) is 0 Å². The van der Waals surface area contributed by atoms with Crippen molar-refractivity contribution in [1.29, 1.82) is 0 Å². The van der Waals surface area contributed by atoms with Crippen molar-refractivity contribution in [3.8, 4) is 0 Å². The van der Waals surface area contributed by atoms with Crippen molar-refractivity contribution >= 4 is 11.6 Å². The number of likely N-dealkylation sites (N-methyl/N-ethyl adjacent to an activating group) is 1. The third-order valence-electron chi connectivity index (χ3n) is 2.58. The molecule has 19 heavy (non-hydrogen) atoms. The van der Waals surface area contributed by atoms with Crippen LogP contribution in [0.2, 0.25) is 0 Å². The Morgan fingerprint density at radius 3 is 2.89 bits per heavy atom. The summed E-state index contributed by atoms with van der Waals surface area (Å²) >= 11 is 0. The second kappa shape index (κ2) is 7.74. The van der Waals surface area contributed by atoms with Crippen LogP contribution in [0.25, 0.3) is 0 Å². The van der Waals surface area contributed by atoms with Gasteiger partial charge in [0.25, 0.3) is 5.91 Å². The van der Waals surface area contributed by atoms with Gasteiger partial charge in [-0.2, -0.15) is 0 Å². The SMILES string of the molecule is CCNc1ccnc(C(=O)N(C)CCOC(C)C)c1. The first-order valence-corrected chi connectivity index (χ1v) is 6.61. The van der Waals surface area contributed by atoms with E-state index < -0.39 is 0 Å². The van der Waals surface area contributed by atoms with E-state index in [2.05, 4.69) is 10.3 Å². The number of amides is 1. The van der Waals surface area contributed by atoms with Gasteiger partial charge in [-0.15, -0.1) is 0 Å². The monoisotopic (exact) mass is 265 g/mol. The van der Waals surface area contributed by atoms with Crippen LogP contribution >= 0.6 is 0 Å². The number of pyridine rings is 1. The Hall–Kier alpha value is -1.62. The molecule has 0 aromatic carbocycles. The Balaban J connectivity index is 2.58. The number of hydrogen-bond donors (Lipinski definition) is 1. The fraction of sp³-hybridized carbons (Fsp3) is 0.571.